The second-order valence-electron chi connectivity index (χ2n) is 4.28. The zero-order chi connectivity index (χ0) is 13.5. The van der Waals surface area contributed by atoms with Gasteiger partial charge in [0.2, 0.25) is 5.91 Å². The van der Waals surface area contributed by atoms with Gasteiger partial charge in [-0.05, 0) is 18.6 Å². The number of carbonyl (C=O) groups excluding carboxylic acids is 2. The molecule has 0 saturated heterocycles. The lowest BCUT2D eigenvalue weighted by molar-refractivity contribution is -0.127. The predicted octanol–water partition coefficient (Wildman–Crippen LogP) is 1.20. The molecule has 0 radical (unpaired) electrons. The molecule has 5 nitrogen and oxygen atoms in total. The number of anilines is 1. The van der Waals surface area contributed by atoms with Crippen molar-refractivity contribution < 1.29 is 9.59 Å². The van der Waals surface area contributed by atoms with Crippen LogP contribution in [0, 0.1) is 0 Å². The van der Waals surface area contributed by atoms with Gasteiger partial charge in [0.15, 0.2) is 6.29 Å². The Morgan fingerprint density at radius 2 is 2.11 bits per heavy atom. The first-order valence-corrected chi connectivity index (χ1v) is 5.94. The summed E-state index contributed by atoms with van der Waals surface area (Å²) in [6.07, 6.45) is 3.20. The Hall–Kier alpha value is -1.91. The minimum Gasteiger partial charge on any atom is -0.347 e. The number of hydrogen-bond acceptors (Lipinski definition) is 4. The summed E-state index contributed by atoms with van der Waals surface area (Å²) in [5.41, 5.74) is 0.536. The summed E-state index contributed by atoms with van der Waals surface area (Å²) in [4.78, 5) is 30.0. The Kier molecular flexibility index (Phi) is 5.30. The lowest BCUT2D eigenvalue weighted by Crippen LogP contribution is -2.37. The van der Waals surface area contributed by atoms with Crippen molar-refractivity contribution in [1.82, 2.24) is 9.88 Å². The third kappa shape index (κ3) is 3.84. The first-order chi connectivity index (χ1) is 8.58. The van der Waals surface area contributed by atoms with E-state index in [0.717, 1.165) is 25.1 Å². The van der Waals surface area contributed by atoms with E-state index < -0.39 is 0 Å². The quantitative estimate of drug-likeness (QED) is 0.711. The fraction of sp³-hybridized carbons (Fsp3) is 0.462. The summed E-state index contributed by atoms with van der Waals surface area (Å²) in [5.74, 6) is 0.752. The number of carbonyl (C=O) groups is 2. The van der Waals surface area contributed by atoms with E-state index in [1.54, 1.807) is 31.1 Å². The summed E-state index contributed by atoms with van der Waals surface area (Å²) in [7, 11) is 3.46. The minimum absolute atomic E-state index is 0.0321. The van der Waals surface area contributed by atoms with Crippen molar-refractivity contribution >= 4 is 18.0 Å². The first-order valence-electron chi connectivity index (χ1n) is 5.94. The van der Waals surface area contributed by atoms with Crippen LogP contribution < -0.4 is 4.90 Å². The average Bonchev–Trinajstić information content (AvgIpc) is 2.38. The molecule has 0 aliphatic heterocycles. The van der Waals surface area contributed by atoms with Crippen LogP contribution in [0.5, 0.6) is 0 Å². The van der Waals surface area contributed by atoms with Crippen molar-refractivity contribution in [3.05, 3.63) is 23.9 Å². The highest BCUT2D eigenvalue weighted by molar-refractivity contribution is 5.81. The highest BCUT2D eigenvalue weighted by Crippen LogP contribution is 2.11. The summed E-state index contributed by atoms with van der Waals surface area (Å²) in [6.45, 7) is 3.11. The lowest BCUT2D eigenvalue weighted by atomic mass is 10.3. The average molecular weight is 249 g/mol. The molecule has 1 heterocycles. The van der Waals surface area contributed by atoms with E-state index in [9.17, 15) is 9.59 Å². The molecule has 0 saturated carbocycles. The van der Waals surface area contributed by atoms with Gasteiger partial charge in [0, 0.05) is 32.4 Å². The molecule has 5 heteroatoms. The molecule has 0 unspecified atom stereocenters. The highest BCUT2D eigenvalue weighted by Gasteiger charge is 2.13. The van der Waals surface area contributed by atoms with Crippen molar-refractivity contribution in [3.63, 3.8) is 0 Å². The SMILES string of the molecule is CCCN(CC(=O)N(C)C)c1ccc(C=O)cn1. The topological polar surface area (TPSA) is 53.5 Å². The molecule has 98 valence electrons. The fourth-order valence-corrected chi connectivity index (χ4v) is 1.50. The Morgan fingerprint density at radius 3 is 2.56 bits per heavy atom. The van der Waals surface area contributed by atoms with Crippen molar-refractivity contribution in [2.75, 3.05) is 32.1 Å². The molecule has 1 amide bonds. The maximum absolute atomic E-state index is 11.7. The van der Waals surface area contributed by atoms with Crippen molar-refractivity contribution in [2.45, 2.75) is 13.3 Å². The fourth-order valence-electron chi connectivity index (χ4n) is 1.50. The van der Waals surface area contributed by atoms with Crippen molar-refractivity contribution in [2.24, 2.45) is 0 Å². The van der Waals surface area contributed by atoms with Gasteiger partial charge in [0.25, 0.3) is 0 Å². The maximum atomic E-state index is 11.7. The summed E-state index contributed by atoms with van der Waals surface area (Å²) in [6, 6.07) is 3.47. The number of pyridine rings is 1. The largest absolute Gasteiger partial charge is 0.347 e. The molecule has 1 rings (SSSR count). The molecule has 0 N–H and O–H groups in total. The standard InChI is InChI=1S/C13H19N3O2/c1-4-7-16(9-13(18)15(2)3)12-6-5-11(10-17)8-14-12/h5-6,8,10H,4,7,9H2,1-3H3. The van der Waals surface area contributed by atoms with Gasteiger partial charge in [0.05, 0.1) is 6.54 Å². The van der Waals surface area contributed by atoms with Gasteiger partial charge in [-0.2, -0.15) is 0 Å². The van der Waals surface area contributed by atoms with Gasteiger partial charge in [-0.25, -0.2) is 4.98 Å². The molecule has 0 fully saturated rings. The third-order valence-electron chi connectivity index (χ3n) is 2.55. The van der Waals surface area contributed by atoms with Crippen LogP contribution in [0.3, 0.4) is 0 Å². The van der Waals surface area contributed by atoms with Gasteiger partial charge in [-0.1, -0.05) is 6.92 Å². The molecule has 0 aliphatic rings. The monoisotopic (exact) mass is 249 g/mol. The summed E-state index contributed by atoms with van der Waals surface area (Å²) in [5, 5.41) is 0. The van der Waals surface area contributed by atoms with Gasteiger partial charge in [-0.3, -0.25) is 9.59 Å². The molecule has 1 aromatic rings. The molecule has 0 aromatic carbocycles. The maximum Gasteiger partial charge on any atom is 0.241 e. The van der Waals surface area contributed by atoms with Crippen LogP contribution in [0.4, 0.5) is 5.82 Å². The summed E-state index contributed by atoms with van der Waals surface area (Å²) < 4.78 is 0. The van der Waals surface area contributed by atoms with Gasteiger partial charge >= 0.3 is 0 Å². The number of amides is 1. The first kappa shape index (κ1) is 14.2. The van der Waals surface area contributed by atoms with Gasteiger partial charge in [0.1, 0.15) is 5.82 Å². The van der Waals surface area contributed by atoms with E-state index in [1.165, 1.54) is 6.20 Å². The second-order valence-corrected chi connectivity index (χ2v) is 4.28. The Balaban J connectivity index is 2.82. The molecule has 0 aliphatic carbocycles. The van der Waals surface area contributed by atoms with Crippen LogP contribution >= 0.6 is 0 Å². The molecular weight excluding hydrogens is 230 g/mol. The summed E-state index contributed by atoms with van der Waals surface area (Å²) >= 11 is 0. The van der Waals surface area contributed by atoms with Crippen molar-refractivity contribution in [3.8, 4) is 0 Å². The normalized spacial score (nSPS) is 9.94. The van der Waals surface area contributed by atoms with E-state index in [-0.39, 0.29) is 5.91 Å². The van der Waals surface area contributed by atoms with Crippen LogP contribution in [0.15, 0.2) is 18.3 Å². The zero-order valence-corrected chi connectivity index (χ0v) is 11.1. The third-order valence-corrected chi connectivity index (χ3v) is 2.55. The van der Waals surface area contributed by atoms with Gasteiger partial charge < -0.3 is 9.80 Å². The number of aldehydes is 1. The van der Waals surface area contributed by atoms with Crippen LogP contribution in [-0.2, 0) is 4.79 Å². The van der Waals surface area contributed by atoms with E-state index in [2.05, 4.69) is 4.98 Å². The molecular formula is C13H19N3O2. The van der Waals surface area contributed by atoms with E-state index in [0.29, 0.717) is 12.1 Å². The lowest BCUT2D eigenvalue weighted by Gasteiger charge is -2.24. The predicted molar refractivity (Wildman–Crippen MR) is 70.8 cm³/mol. The Morgan fingerprint density at radius 1 is 1.39 bits per heavy atom. The molecule has 0 spiro atoms. The van der Waals surface area contributed by atoms with Crippen LogP contribution in [-0.4, -0.2) is 49.3 Å². The minimum atomic E-state index is 0.0321. The van der Waals surface area contributed by atoms with Crippen molar-refractivity contribution in [1.29, 1.82) is 0 Å². The van der Waals surface area contributed by atoms with E-state index >= 15 is 0 Å². The van der Waals surface area contributed by atoms with Gasteiger partial charge in [-0.15, -0.1) is 0 Å². The Labute approximate surface area is 107 Å². The Bertz CT molecular complexity index is 401. The number of nitrogens with zero attached hydrogens (tertiary/aromatic N) is 3. The number of likely N-dealkylation sites (N-methyl/N-ethyl adjacent to an activating group) is 1. The highest BCUT2D eigenvalue weighted by atomic mass is 16.2. The van der Waals surface area contributed by atoms with E-state index in [4.69, 9.17) is 0 Å². The second kappa shape index (κ2) is 6.74. The molecule has 1 aromatic heterocycles. The van der Waals surface area contributed by atoms with Crippen LogP contribution in [0.1, 0.15) is 23.7 Å². The molecule has 0 atom stereocenters. The molecule has 18 heavy (non-hydrogen) atoms. The number of rotatable bonds is 6. The molecule has 0 bridgehead atoms. The van der Waals surface area contributed by atoms with E-state index in [1.807, 2.05) is 11.8 Å². The number of hydrogen-bond donors (Lipinski definition) is 0. The smallest absolute Gasteiger partial charge is 0.241 e. The number of aromatic nitrogens is 1. The zero-order valence-electron chi connectivity index (χ0n) is 11.1. The van der Waals surface area contributed by atoms with Crippen LogP contribution in [0.2, 0.25) is 0 Å². The van der Waals surface area contributed by atoms with Crippen LogP contribution in [0.25, 0.3) is 0 Å².